The van der Waals surface area contributed by atoms with Gasteiger partial charge in [0.25, 0.3) is 5.91 Å². The molecule has 0 aromatic carbocycles. The Morgan fingerprint density at radius 3 is 2.50 bits per heavy atom. The average Bonchev–Trinajstić information content (AvgIpc) is 1.82. The Morgan fingerprint density at radius 1 is 1.70 bits per heavy atom. The predicted molar refractivity (Wildman–Crippen MR) is 30.6 cm³/mol. The number of nitrogens with zero attached hydrogens (tertiary/aromatic N) is 1. The molecule has 0 aliphatic carbocycles. The summed E-state index contributed by atoms with van der Waals surface area (Å²) in [4.78, 5) is 22.0. The van der Waals surface area contributed by atoms with Crippen LogP contribution in [0.15, 0.2) is 4.99 Å². The molecule has 0 spiro atoms. The molecular formula is C4H5FN2O3. The van der Waals surface area contributed by atoms with E-state index in [9.17, 15) is 14.0 Å². The van der Waals surface area contributed by atoms with E-state index in [2.05, 4.69) is 10.7 Å². The lowest BCUT2D eigenvalue weighted by Gasteiger charge is -1.90. The molecule has 0 saturated carbocycles. The summed E-state index contributed by atoms with van der Waals surface area (Å²) >= 11 is 0. The number of amides is 2. The highest BCUT2D eigenvalue weighted by Gasteiger charge is 2.09. The van der Waals surface area contributed by atoms with Crippen LogP contribution >= 0.6 is 0 Å². The second kappa shape index (κ2) is 3.54. The summed E-state index contributed by atoms with van der Waals surface area (Å²) in [6, 6.07) is 0. The van der Waals surface area contributed by atoms with Gasteiger partial charge in [0.1, 0.15) is 0 Å². The van der Waals surface area contributed by atoms with E-state index in [-0.39, 0.29) is 0 Å². The van der Waals surface area contributed by atoms with E-state index >= 15 is 0 Å². The van der Waals surface area contributed by atoms with Gasteiger partial charge in [-0.05, 0) is 0 Å². The third kappa shape index (κ3) is 3.53. The lowest BCUT2D eigenvalue weighted by atomic mass is 10.4. The number of alkyl halides is 1. The van der Waals surface area contributed by atoms with Crippen molar-refractivity contribution >= 4 is 18.2 Å². The Kier molecular flexibility index (Phi) is 3.03. The maximum Gasteiger partial charge on any atom is 0.430 e. The third-order valence-corrected chi connectivity index (χ3v) is 0.588. The van der Waals surface area contributed by atoms with Crippen LogP contribution in [0.3, 0.4) is 0 Å². The summed E-state index contributed by atoms with van der Waals surface area (Å²) in [5, 5.41) is 7.83. The molecule has 5 nitrogen and oxygen atoms in total. The molecule has 0 radical (unpaired) electrons. The monoisotopic (exact) mass is 148 g/mol. The zero-order valence-corrected chi connectivity index (χ0v) is 4.82. The van der Waals surface area contributed by atoms with Gasteiger partial charge in [0.2, 0.25) is 6.17 Å². The van der Waals surface area contributed by atoms with Gasteiger partial charge in [-0.15, -0.1) is 0 Å². The number of carbonyl (C=O) groups is 2. The van der Waals surface area contributed by atoms with E-state index < -0.39 is 18.2 Å². The SMILES string of the molecule is NC(=O)C(F)C=NC(=O)O. The van der Waals surface area contributed by atoms with Crippen molar-refractivity contribution < 1.29 is 19.1 Å². The maximum atomic E-state index is 12.0. The summed E-state index contributed by atoms with van der Waals surface area (Å²) in [6.45, 7) is 0. The summed E-state index contributed by atoms with van der Waals surface area (Å²) < 4.78 is 12.0. The number of halogens is 1. The van der Waals surface area contributed by atoms with Crippen LogP contribution < -0.4 is 5.73 Å². The molecule has 0 aliphatic heterocycles. The Labute approximate surface area is 55.4 Å². The second-order valence-corrected chi connectivity index (χ2v) is 1.36. The van der Waals surface area contributed by atoms with Crippen LogP contribution in [0.1, 0.15) is 0 Å². The fourth-order valence-electron chi connectivity index (χ4n) is 0.203. The quantitative estimate of drug-likeness (QED) is 0.520. The van der Waals surface area contributed by atoms with Crippen LogP contribution in [0.2, 0.25) is 0 Å². The first-order chi connectivity index (χ1) is 4.54. The van der Waals surface area contributed by atoms with Crippen molar-refractivity contribution in [2.75, 3.05) is 0 Å². The van der Waals surface area contributed by atoms with Gasteiger partial charge in [-0.25, -0.2) is 9.18 Å². The maximum absolute atomic E-state index is 12.0. The molecule has 0 aromatic rings. The highest BCUT2D eigenvalue weighted by atomic mass is 19.1. The van der Waals surface area contributed by atoms with Crippen molar-refractivity contribution in [1.82, 2.24) is 0 Å². The first kappa shape index (κ1) is 8.54. The van der Waals surface area contributed by atoms with Gasteiger partial charge in [-0.1, -0.05) is 0 Å². The number of aliphatic imine (C=N–C) groups is 1. The molecule has 0 rings (SSSR count). The molecule has 0 bridgehead atoms. The van der Waals surface area contributed by atoms with Crippen LogP contribution in [0, 0.1) is 0 Å². The van der Waals surface area contributed by atoms with Crippen LogP contribution in [0.25, 0.3) is 0 Å². The molecular weight excluding hydrogens is 143 g/mol. The van der Waals surface area contributed by atoms with E-state index in [1.54, 1.807) is 0 Å². The summed E-state index contributed by atoms with van der Waals surface area (Å²) in [5.41, 5.74) is 4.42. The zero-order valence-electron chi connectivity index (χ0n) is 4.82. The molecule has 0 aliphatic rings. The van der Waals surface area contributed by atoms with Crippen LogP contribution in [-0.4, -0.2) is 29.5 Å². The van der Waals surface area contributed by atoms with Gasteiger partial charge in [0.15, 0.2) is 0 Å². The number of nitrogens with two attached hydrogens (primary N) is 1. The summed E-state index contributed by atoms with van der Waals surface area (Å²) in [7, 11) is 0. The number of rotatable bonds is 2. The Morgan fingerprint density at radius 2 is 2.20 bits per heavy atom. The molecule has 6 heteroatoms. The molecule has 10 heavy (non-hydrogen) atoms. The van der Waals surface area contributed by atoms with Gasteiger partial charge < -0.3 is 10.8 Å². The van der Waals surface area contributed by atoms with Crippen molar-refractivity contribution in [2.24, 2.45) is 10.7 Å². The minimum atomic E-state index is -2.13. The Bertz CT molecular complexity index is 179. The molecule has 56 valence electrons. The van der Waals surface area contributed by atoms with Gasteiger partial charge in [0, 0.05) is 0 Å². The first-order valence-corrected chi connectivity index (χ1v) is 2.24. The molecule has 3 N–H and O–H groups in total. The Balaban J connectivity index is 3.89. The fourth-order valence-corrected chi connectivity index (χ4v) is 0.203. The number of hydrogen-bond acceptors (Lipinski definition) is 2. The minimum absolute atomic E-state index is 0.324. The van der Waals surface area contributed by atoms with Gasteiger partial charge in [-0.2, -0.15) is 4.99 Å². The number of carboxylic acid groups (broad SMARTS) is 1. The Hall–Kier alpha value is -1.46. The van der Waals surface area contributed by atoms with Crippen LogP contribution in [-0.2, 0) is 4.79 Å². The van der Waals surface area contributed by atoms with Crippen molar-refractivity contribution in [3.63, 3.8) is 0 Å². The lowest BCUT2D eigenvalue weighted by Crippen LogP contribution is -2.25. The highest BCUT2D eigenvalue weighted by Crippen LogP contribution is 1.83. The zero-order chi connectivity index (χ0) is 8.15. The smallest absolute Gasteiger partial charge is 0.430 e. The summed E-state index contributed by atoms with van der Waals surface area (Å²) in [6.07, 6.45) is -3.37. The van der Waals surface area contributed by atoms with Crippen molar-refractivity contribution in [3.8, 4) is 0 Å². The number of primary amides is 1. The summed E-state index contributed by atoms with van der Waals surface area (Å²) in [5.74, 6) is -1.26. The molecule has 0 heterocycles. The molecule has 1 unspecified atom stereocenters. The molecule has 0 saturated heterocycles. The molecule has 0 aromatic heterocycles. The van der Waals surface area contributed by atoms with Crippen molar-refractivity contribution in [2.45, 2.75) is 6.17 Å². The highest BCUT2D eigenvalue weighted by molar-refractivity contribution is 5.97. The van der Waals surface area contributed by atoms with E-state index in [1.807, 2.05) is 0 Å². The molecule has 2 amide bonds. The topological polar surface area (TPSA) is 92.8 Å². The van der Waals surface area contributed by atoms with Gasteiger partial charge in [-0.3, -0.25) is 4.79 Å². The number of carbonyl (C=O) groups excluding carboxylic acids is 1. The normalized spacial score (nSPS) is 13.3. The third-order valence-electron chi connectivity index (χ3n) is 0.588. The van der Waals surface area contributed by atoms with Gasteiger partial charge in [0.05, 0.1) is 6.21 Å². The molecule has 0 fully saturated rings. The van der Waals surface area contributed by atoms with Gasteiger partial charge >= 0.3 is 6.09 Å². The first-order valence-electron chi connectivity index (χ1n) is 2.24. The van der Waals surface area contributed by atoms with E-state index in [0.29, 0.717) is 6.21 Å². The second-order valence-electron chi connectivity index (χ2n) is 1.36. The van der Waals surface area contributed by atoms with E-state index in [0.717, 1.165) is 0 Å². The predicted octanol–water partition coefficient (Wildman–Crippen LogP) is -0.441. The standard InChI is InChI=1S/C4H5FN2O3/c5-2(3(6)8)1-7-4(9)10/h1-2H,(H2,6,8)(H,9,10). The minimum Gasteiger partial charge on any atom is -0.463 e. The molecule has 1 atom stereocenters. The fraction of sp³-hybridized carbons (Fsp3) is 0.250. The van der Waals surface area contributed by atoms with Crippen molar-refractivity contribution in [3.05, 3.63) is 0 Å². The van der Waals surface area contributed by atoms with Crippen LogP contribution in [0.4, 0.5) is 9.18 Å². The van der Waals surface area contributed by atoms with Crippen LogP contribution in [0.5, 0.6) is 0 Å². The lowest BCUT2D eigenvalue weighted by molar-refractivity contribution is -0.120. The average molecular weight is 148 g/mol. The van der Waals surface area contributed by atoms with E-state index in [4.69, 9.17) is 5.11 Å². The number of hydrogen-bond donors (Lipinski definition) is 2. The largest absolute Gasteiger partial charge is 0.463 e. The van der Waals surface area contributed by atoms with E-state index in [1.165, 1.54) is 0 Å². The van der Waals surface area contributed by atoms with Crippen molar-refractivity contribution in [1.29, 1.82) is 0 Å².